The molecular weight excluding hydrogens is 294 g/mol. The molecule has 0 saturated carbocycles. The zero-order valence-electron chi connectivity index (χ0n) is 14.6. The first-order valence-corrected chi connectivity index (χ1v) is 9.42. The van der Waals surface area contributed by atoms with E-state index in [2.05, 4.69) is 41.3 Å². The van der Waals surface area contributed by atoms with Crippen LogP contribution in [0.25, 0.3) is 11.1 Å². The summed E-state index contributed by atoms with van der Waals surface area (Å²) < 4.78 is 5.65. The highest BCUT2D eigenvalue weighted by Crippen LogP contribution is 2.31. The molecule has 0 bridgehead atoms. The second-order valence-corrected chi connectivity index (χ2v) is 7.08. The largest absolute Gasteiger partial charge is 0.494 e. The lowest BCUT2D eigenvalue weighted by molar-refractivity contribution is 0.222. The molecule has 1 aliphatic carbocycles. The number of benzene rings is 2. The van der Waals surface area contributed by atoms with Crippen molar-refractivity contribution in [3.63, 3.8) is 0 Å². The molecule has 1 saturated heterocycles. The Morgan fingerprint density at radius 3 is 2.67 bits per heavy atom. The van der Waals surface area contributed by atoms with Gasteiger partial charge in [-0.1, -0.05) is 30.3 Å². The summed E-state index contributed by atoms with van der Waals surface area (Å²) in [6.07, 6.45) is 6.54. The minimum atomic E-state index is 0.714. The standard InChI is InChI=1S/C22H27NO/c1-2-24-22-7-5-6-17(16-22)18-8-9-20-15-21(11-10-19(20)14-18)23-12-3-4-13-23/h5-9,14,16,21H,2-4,10-13,15H2,1H3. The zero-order chi connectivity index (χ0) is 16.4. The van der Waals surface area contributed by atoms with Crippen LogP contribution in [0.4, 0.5) is 0 Å². The molecule has 1 unspecified atom stereocenters. The Balaban J connectivity index is 1.55. The maximum Gasteiger partial charge on any atom is 0.119 e. The number of likely N-dealkylation sites (tertiary alicyclic amines) is 1. The van der Waals surface area contributed by atoms with E-state index in [0.717, 1.165) is 11.8 Å². The van der Waals surface area contributed by atoms with E-state index in [9.17, 15) is 0 Å². The van der Waals surface area contributed by atoms with E-state index in [1.807, 2.05) is 13.0 Å². The van der Waals surface area contributed by atoms with Crippen LogP contribution in [-0.2, 0) is 12.8 Å². The fraction of sp³-hybridized carbons (Fsp3) is 0.455. The highest BCUT2D eigenvalue weighted by molar-refractivity contribution is 5.66. The first kappa shape index (κ1) is 15.7. The highest BCUT2D eigenvalue weighted by Gasteiger charge is 2.26. The fourth-order valence-electron chi connectivity index (χ4n) is 4.27. The van der Waals surface area contributed by atoms with Gasteiger partial charge in [-0.15, -0.1) is 0 Å². The third-order valence-corrected chi connectivity index (χ3v) is 5.54. The minimum absolute atomic E-state index is 0.714. The minimum Gasteiger partial charge on any atom is -0.494 e. The van der Waals surface area contributed by atoms with Gasteiger partial charge in [-0.3, -0.25) is 0 Å². The van der Waals surface area contributed by atoms with Crippen molar-refractivity contribution in [2.45, 2.75) is 45.1 Å². The third kappa shape index (κ3) is 3.21. The SMILES string of the molecule is CCOc1cccc(-c2ccc3c(c2)CCC(N2CCCC2)C3)c1. The van der Waals surface area contributed by atoms with E-state index in [1.165, 1.54) is 56.3 Å². The fourth-order valence-corrected chi connectivity index (χ4v) is 4.27. The average Bonchev–Trinajstić information content (AvgIpc) is 3.16. The van der Waals surface area contributed by atoms with Crippen LogP contribution in [0.15, 0.2) is 42.5 Å². The molecule has 1 fully saturated rings. The molecule has 2 heteroatoms. The maximum atomic E-state index is 5.65. The molecule has 24 heavy (non-hydrogen) atoms. The number of aryl methyl sites for hydroxylation is 1. The van der Waals surface area contributed by atoms with Crippen LogP contribution in [0.1, 0.15) is 37.3 Å². The van der Waals surface area contributed by atoms with Gasteiger partial charge < -0.3 is 9.64 Å². The number of ether oxygens (including phenoxy) is 1. The Labute approximate surface area is 145 Å². The summed E-state index contributed by atoms with van der Waals surface area (Å²) in [4.78, 5) is 2.71. The molecule has 4 rings (SSSR count). The molecule has 0 radical (unpaired) electrons. The number of hydrogen-bond acceptors (Lipinski definition) is 2. The van der Waals surface area contributed by atoms with E-state index in [4.69, 9.17) is 4.74 Å². The van der Waals surface area contributed by atoms with Gasteiger partial charge in [0.25, 0.3) is 0 Å². The first-order valence-electron chi connectivity index (χ1n) is 9.42. The molecule has 0 amide bonds. The smallest absolute Gasteiger partial charge is 0.119 e. The summed E-state index contributed by atoms with van der Waals surface area (Å²) in [5.41, 5.74) is 5.67. The highest BCUT2D eigenvalue weighted by atomic mass is 16.5. The van der Waals surface area contributed by atoms with Crippen LogP contribution in [0, 0.1) is 0 Å². The Hall–Kier alpha value is -1.80. The summed E-state index contributed by atoms with van der Waals surface area (Å²) in [5.74, 6) is 0.960. The average molecular weight is 321 g/mol. The number of rotatable bonds is 4. The van der Waals surface area contributed by atoms with Gasteiger partial charge in [-0.25, -0.2) is 0 Å². The number of fused-ring (bicyclic) bond motifs is 1. The van der Waals surface area contributed by atoms with Crippen LogP contribution in [-0.4, -0.2) is 30.6 Å². The Bertz CT molecular complexity index is 703. The second kappa shape index (κ2) is 6.98. The molecule has 2 nitrogen and oxygen atoms in total. The number of nitrogens with zero attached hydrogens (tertiary/aromatic N) is 1. The molecular formula is C22H27NO. The van der Waals surface area contributed by atoms with E-state index in [-0.39, 0.29) is 0 Å². The molecule has 1 aliphatic heterocycles. The van der Waals surface area contributed by atoms with E-state index in [0.29, 0.717) is 6.61 Å². The predicted octanol–water partition coefficient (Wildman–Crippen LogP) is 4.71. The van der Waals surface area contributed by atoms with Crippen molar-refractivity contribution in [2.24, 2.45) is 0 Å². The lowest BCUT2D eigenvalue weighted by Crippen LogP contribution is -2.37. The van der Waals surface area contributed by atoms with Crippen molar-refractivity contribution in [1.82, 2.24) is 4.90 Å². The summed E-state index contributed by atoms with van der Waals surface area (Å²) in [6.45, 7) is 5.36. The monoisotopic (exact) mass is 321 g/mol. The van der Waals surface area contributed by atoms with Crippen molar-refractivity contribution < 1.29 is 4.74 Å². The van der Waals surface area contributed by atoms with Crippen LogP contribution in [0.3, 0.4) is 0 Å². The first-order chi connectivity index (χ1) is 11.8. The molecule has 0 N–H and O–H groups in total. The van der Waals surface area contributed by atoms with Crippen LogP contribution >= 0.6 is 0 Å². The lowest BCUT2D eigenvalue weighted by atomic mass is 9.85. The second-order valence-electron chi connectivity index (χ2n) is 7.08. The van der Waals surface area contributed by atoms with Gasteiger partial charge in [0.15, 0.2) is 0 Å². The van der Waals surface area contributed by atoms with Gasteiger partial charge in [0.2, 0.25) is 0 Å². The topological polar surface area (TPSA) is 12.5 Å². The molecule has 1 heterocycles. The molecule has 2 aromatic rings. The molecule has 2 aliphatic rings. The van der Waals surface area contributed by atoms with Gasteiger partial charge in [0.05, 0.1) is 6.61 Å². The predicted molar refractivity (Wildman–Crippen MR) is 99.7 cm³/mol. The lowest BCUT2D eigenvalue weighted by Gasteiger charge is -2.32. The van der Waals surface area contributed by atoms with E-state index in [1.54, 1.807) is 11.1 Å². The summed E-state index contributed by atoms with van der Waals surface area (Å²) in [7, 11) is 0. The van der Waals surface area contributed by atoms with E-state index < -0.39 is 0 Å². The van der Waals surface area contributed by atoms with Crippen LogP contribution in [0.5, 0.6) is 5.75 Å². The Morgan fingerprint density at radius 1 is 1.00 bits per heavy atom. The van der Waals surface area contributed by atoms with Gasteiger partial charge in [0, 0.05) is 6.04 Å². The van der Waals surface area contributed by atoms with Crippen molar-refractivity contribution in [3.8, 4) is 16.9 Å². The molecule has 2 aromatic carbocycles. The van der Waals surface area contributed by atoms with Gasteiger partial charge in [0.1, 0.15) is 5.75 Å². The van der Waals surface area contributed by atoms with Gasteiger partial charge in [-0.2, -0.15) is 0 Å². The van der Waals surface area contributed by atoms with Crippen molar-refractivity contribution >= 4 is 0 Å². The maximum absolute atomic E-state index is 5.65. The Kier molecular flexibility index (Phi) is 4.57. The van der Waals surface area contributed by atoms with Gasteiger partial charge >= 0.3 is 0 Å². The molecule has 0 aromatic heterocycles. The normalized spacial score (nSPS) is 20.8. The summed E-state index contributed by atoms with van der Waals surface area (Å²) >= 11 is 0. The van der Waals surface area contributed by atoms with Crippen molar-refractivity contribution in [2.75, 3.05) is 19.7 Å². The molecule has 126 valence electrons. The quantitative estimate of drug-likeness (QED) is 0.809. The number of hydrogen-bond donors (Lipinski definition) is 0. The molecule has 0 spiro atoms. The Morgan fingerprint density at radius 2 is 1.83 bits per heavy atom. The zero-order valence-corrected chi connectivity index (χ0v) is 14.6. The summed E-state index contributed by atoms with van der Waals surface area (Å²) in [5, 5.41) is 0. The van der Waals surface area contributed by atoms with E-state index >= 15 is 0 Å². The van der Waals surface area contributed by atoms with Crippen molar-refractivity contribution in [1.29, 1.82) is 0 Å². The van der Waals surface area contributed by atoms with Crippen molar-refractivity contribution in [3.05, 3.63) is 53.6 Å². The summed E-state index contributed by atoms with van der Waals surface area (Å²) in [6, 6.07) is 16.3. The van der Waals surface area contributed by atoms with Crippen LogP contribution in [0.2, 0.25) is 0 Å². The van der Waals surface area contributed by atoms with Gasteiger partial charge in [-0.05, 0) is 86.5 Å². The third-order valence-electron chi connectivity index (χ3n) is 5.54. The van der Waals surface area contributed by atoms with Crippen LogP contribution < -0.4 is 4.74 Å². The molecule has 1 atom stereocenters.